The van der Waals surface area contributed by atoms with Gasteiger partial charge in [-0.05, 0) is 61.5 Å². The number of anilines is 1. The van der Waals surface area contributed by atoms with Gasteiger partial charge in [0.25, 0.3) is 5.56 Å². The van der Waals surface area contributed by atoms with Gasteiger partial charge in [-0.25, -0.2) is 9.78 Å². The van der Waals surface area contributed by atoms with Gasteiger partial charge in [0.1, 0.15) is 11.3 Å². The quantitative estimate of drug-likeness (QED) is 0.436. The van der Waals surface area contributed by atoms with E-state index in [1.807, 2.05) is 48.5 Å². The molecular weight excluding hydrogens is 430 g/mol. The Morgan fingerprint density at radius 2 is 1.79 bits per heavy atom. The third kappa shape index (κ3) is 2.99. The molecule has 170 valence electrons. The minimum atomic E-state index is -0.789. The maximum Gasteiger partial charge on any atom is 0.334 e. The Morgan fingerprint density at radius 1 is 1.03 bits per heavy atom. The first kappa shape index (κ1) is 20.4. The molecule has 0 saturated heterocycles. The maximum atomic E-state index is 13.7. The van der Waals surface area contributed by atoms with Crippen LogP contribution in [0.5, 0.6) is 0 Å². The molecule has 3 heterocycles. The lowest BCUT2D eigenvalue weighted by molar-refractivity contribution is -0.0507. The zero-order valence-electron chi connectivity index (χ0n) is 18.5. The van der Waals surface area contributed by atoms with Crippen molar-refractivity contribution in [1.82, 2.24) is 18.7 Å². The van der Waals surface area contributed by atoms with Crippen LogP contribution in [-0.4, -0.2) is 29.4 Å². The molecule has 0 radical (unpaired) electrons. The van der Waals surface area contributed by atoms with E-state index >= 15 is 0 Å². The second-order valence-corrected chi connectivity index (χ2v) is 9.21. The number of benzene rings is 2. The molecule has 6 rings (SSSR count). The number of nitrogen functional groups attached to an aromatic ring is 1. The predicted octanol–water partition coefficient (Wildman–Crippen LogP) is 3.16. The van der Waals surface area contributed by atoms with Crippen LogP contribution in [0.25, 0.3) is 33.2 Å². The molecule has 0 aliphatic heterocycles. The molecule has 8 nitrogen and oxygen atoms in total. The van der Waals surface area contributed by atoms with Crippen molar-refractivity contribution < 1.29 is 5.11 Å². The fourth-order valence-corrected chi connectivity index (χ4v) is 5.08. The van der Waals surface area contributed by atoms with Crippen molar-refractivity contribution in [1.29, 1.82) is 0 Å². The van der Waals surface area contributed by atoms with E-state index in [0.29, 0.717) is 34.9 Å². The van der Waals surface area contributed by atoms with Crippen LogP contribution >= 0.6 is 0 Å². The minimum absolute atomic E-state index is 0.135. The van der Waals surface area contributed by atoms with Gasteiger partial charge in [0.15, 0.2) is 0 Å². The summed E-state index contributed by atoms with van der Waals surface area (Å²) < 4.78 is 4.79. The summed E-state index contributed by atoms with van der Waals surface area (Å²) >= 11 is 0. The molecule has 8 heteroatoms. The molecule has 1 fully saturated rings. The fraction of sp³-hybridized carbons (Fsp3) is 0.192. The first-order chi connectivity index (χ1) is 16.3. The van der Waals surface area contributed by atoms with Crippen molar-refractivity contribution in [2.24, 2.45) is 0 Å². The number of nitrogens with zero attached hydrogens (tertiary/aromatic N) is 4. The van der Waals surface area contributed by atoms with E-state index in [2.05, 4.69) is 4.98 Å². The van der Waals surface area contributed by atoms with Crippen LogP contribution < -0.4 is 17.0 Å². The van der Waals surface area contributed by atoms with Gasteiger partial charge in [-0.1, -0.05) is 24.3 Å². The zero-order chi connectivity index (χ0) is 23.6. The Labute approximate surface area is 194 Å². The number of pyridine rings is 2. The molecule has 0 unspecified atom stereocenters. The van der Waals surface area contributed by atoms with Gasteiger partial charge in [0.05, 0.1) is 16.8 Å². The lowest BCUT2D eigenvalue weighted by atomic mass is 9.77. The second kappa shape index (κ2) is 7.16. The third-order valence-electron chi connectivity index (χ3n) is 6.71. The number of hydrogen-bond acceptors (Lipinski definition) is 5. The highest BCUT2D eigenvalue weighted by Gasteiger charge is 2.41. The topological polar surface area (TPSA) is 108 Å². The first-order valence-electron chi connectivity index (χ1n) is 11.2. The molecule has 0 amide bonds. The Morgan fingerprint density at radius 3 is 2.53 bits per heavy atom. The lowest BCUT2D eigenvalue weighted by Crippen LogP contribution is -2.44. The van der Waals surface area contributed by atoms with Crippen molar-refractivity contribution in [3.8, 4) is 11.4 Å². The largest absolute Gasteiger partial charge is 0.390 e. The lowest BCUT2D eigenvalue weighted by Gasteiger charge is -2.41. The molecule has 1 saturated carbocycles. The summed E-state index contributed by atoms with van der Waals surface area (Å²) in [5.74, 6) is 0.231. The van der Waals surface area contributed by atoms with Crippen molar-refractivity contribution >= 4 is 27.6 Å². The predicted molar refractivity (Wildman–Crippen MR) is 132 cm³/mol. The van der Waals surface area contributed by atoms with E-state index in [4.69, 9.17) is 5.73 Å². The Hall–Kier alpha value is -4.17. The van der Waals surface area contributed by atoms with Crippen LogP contribution in [0.2, 0.25) is 0 Å². The number of aromatic nitrogens is 4. The molecule has 0 atom stereocenters. The Balaban J connectivity index is 1.59. The van der Waals surface area contributed by atoms with Crippen LogP contribution in [0.3, 0.4) is 0 Å². The first-order valence-corrected chi connectivity index (χ1v) is 11.2. The monoisotopic (exact) mass is 453 g/mol. The molecular formula is C26H23N5O3. The molecule has 0 spiro atoms. The molecule has 2 aromatic carbocycles. The normalized spacial score (nSPS) is 20.0. The number of aliphatic hydroxyl groups is 1. The van der Waals surface area contributed by atoms with Gasteiger partial charge in [0.2, 0.25) is 0 Å². The van der Waals surface area contributed by atoms with E-state index in [1.165, 1.54) is 4.57 Å². The van der Waals surface area contributed by atoms with Crippen LogP contribution in [0, 0.1) is 0 Å². The number of rotatable bonds is 3. The van der Waals surface area contributed by atoms with Crippen molar-refractivity contribution in [3.63, 3.8) is 0 Å². The minimum Gasteiger partial charge on any atom is -0.390 e. The van der Waals surface area contributed by atoms with Crippen LogP contribution in [0.1, 0.15) is 25.8 Å². The van der Waals surface area contributed by atoms with Crippen LogP contribution in [0.4, 0.5) is 5.82 Å². The second-order valence-electron chi connectivity index (χ2n) is 9.21. The molecule has 3 N–H and O–H groups in total. The van der Waals surface area contributed by atoms with Gasteiger partial charge in [-0.15, -0.1) is 0 Å². The summed E-state index contributed by atoms with van der Waals surface area (Å²) in [5, 5.41) is 11.5. The maximum absolute atomic E-state index is 13.7. The Kier molecular flexibility index (Phi) is 4.31. The van der Waals surface area contributed by atoms with Gasteiger partial charge in [-0.3, -0.25) is 18.5 Å². The molecule has 1 aliphatic carbocycles. The van der Waals surface area contributed by atoms with Crippen molar-refractivity contribution in [2.75, 3.05) is 5.73 Å². The summed E-state index contributed by atoms with van der Waals surface area (Å²) in [5.41, 5.74) is 7.45. The average molecular weight is 454 g/mol. The molecule has 34 heavy (non-hydrogen) atoms. The number of imidazole rings is 1. The molecule has 0 bridgehead atoms. The SMILES string of the molecule is CC1(O)CC(n2c(=O)n(-c3ccc4ccn(-c5ccccc5)c(=O)c4c3)c3c(N)nccc32)C1. The van der Waals surface area contributed by atoms with E-state index in [1.54, 1.807) is 40.6 Å². The molecule has 3 aromatic heterocycles. The van der Waals surface area contributed by atoms with E-state index in [-0.39, 0.29) is 23.1 Å². The van der Waals surface area contributed by atoms with E-state index in [9.17, 15) is 14.7 Å². The zero-order valence-corrected chi connectivity index (χ0v) is 18.5. The average Bonchev–Trinajstić information content (AvgIpc) is 3.11. The summed E-state index contributed by atoms with van der Waals surface area (Å²) in [4.78, 5) is 31.3. The molecule has 1 aliphatic rings. The van der Waals surface area contributed by atoms with E-state index < -0.39 is 5.60 Å². The van der Waals surface area contributed by atoms with Gasteiger partial charge in [0, 0.05) is 29.5 Å². The summed E-state index contributed by atoms with van der Waals surface area (Å²) in [6, 6.07) is 18.3. The number of para-hydroxylation sites is 1. The standard InChI is InChI=1S/C26H23N5O3/c1-26(34)14-19(15-26)30-21-9-11-28-23(27)22(21)31(25(30)33)18-8-7-16-10-12-29(24(32)20(16)13-18)17-5-3-2-4-6-17/h2-13,19,34H,14-15H2,1H3,(H2,27,28). The Bertz CT molecular complexity index is 1690. The van der Waals surface area contributed by atoms with E-state index in [0.717, 1.165) is 11.1 Å². The fourth-order valence-electron chi connectivity index (χ4n) is 5.08. The summed E-state index contributed by atoms with van der Waals surface area (Å²) in [6.07, 6.45) is 4.29. The van der Waals surface area contributed by atoms with Crippen LogP contribution in [0.15, 0.2) is 82.6 Å². The van der Waals surface area contributed by atoms with Crippen molar-refractivity contribution in [2.45, 2.75) is 31.4 Å². The highest BCUT2D eigenvalue weighted by molar-refractivity contribution is 5.89. The third-order valence-corrected chi connectivity index (χ3v) is 6.71. The number of nitrogens with two attached hydrogens (primary N) is 1. The summed E-state index contributed by atoms with van der Waals surface area (Å²) in [6.45, 7) is 1.77. The van der Waals surface area contributed by atoms with Crippen LogP contribution in [-0.2, 0) is 0 Å². The van der Waals surface area contributed by atoms with Crippen molar-refractivity contribution in [3.05, 3.63) is 93.9 Å². The summed E-state index contributed by atoms with van der Waals surface area (Å²) in [7, 11) is 0. The number of hydrogen-bond donors (Lipinski definition) is 2. The smallest absolute Gasteiger partial charge is 0.334 e. The van der Waals surface area contributed by atoms with Gasteiger partial charge >= 0.3 is 5.69 Å². The van der Waals surface area contributed by atoms with Gasteiger partial charge < -0.3 is 10.8 Å². The number of fused-ring (bicyclic) bond motifs is 2. The highest BCUT2D eigenvalue weighted by atomic mass is 16.3. The molecule has 5 aromatic rings. The highest BCUT2D eigenvalue weighted by Crippen LogP contribution is 2.42. The van der Waals surface area contributed by atoms with Gasteiger partial charge in [-0.2, -0.15) is 0 Å².